The Balaban J connectivity index is 0.00000280. The molecule has 0 aromatic carbocycles. The summed E-state index contributed by atoms with van der Waals surface area (Å²) >= 11 is 0. The summed E-state index contributed by atoms with van der Waals surface area (Å²) in [5, 5.41) is 19.1. The third-order valence-electron chi connectivity index (χ3n) is 4.50. The molecule has 8 nitrogen and oxygen atoms in total. The van der Waals surface area contributed by atoms with Gasteiger partial charge in [-0.05, 0) is 39.8 Å². The lowest BCUT2D eigenvalue weighted by molar-refractivity contribution is 0.306. The predicted molar refractivity (Wildman–Crippen MR) is 114 cm³/mol. The van der Waals surface area contributed by atoms with E-state index in [4.69, 9.17) is 5.10 Å². The van der Waals surface area contributed by atoms with Crippen LogP contribution in [0.5, 0.6) is 0 Å². The van der Waals surface area contributed by atoms with E-state index in [1.54, 1.807) is 0 Å². The van der Waals surface area contributed by atoms with E-state index in [1.807, 2.05) is 49.0 Å². The van der Waals surface area contributed by atoms with Crippen LogP contribution in [0.4, 0.5) is 0 Å². The number of aryl methyl sites for hydroxylation is 3. The van der Waals surface area contributed by atoms with E-state index >= 15 is 0 Å². The smallest absolute Gasteiger partial charge is 0.0665 e. The van der Waals surface area contributed by atoms with Crippen molar-refractivity contribution in [2.45, 2.75) is 46.7 Å². The number of aromatic nitrogens is 4. The highest BCUT2D eigenvalue weighted by molar-refractivity contribution is 5.86. The van der Waals surface area contributed by atoms with Crippen molar-refractivity contribution in [2.75, 3.05) is 0 Å². The second-order valence-corrected chi connectivity index (χ2v) is 7.36. The van der Waals surface area contributed by atoms with Gasteiger partial charge in [0.05, 0.1) is 23.3 Å². The van der Waals surface area contributed by atoms with Crippen molar-refractivity contribution in [1.82, 2.24) is 36.0 Å². The molecule has 0 saturated carbocycles. The third kappa shape index (κ3) is 4.89. The molecule has 0 saturated heterocycles. The Hall–Kier alpha value is -2.87. The van der Waals surface area contributed by atoms with Gasteiger partial charge >= 0.3 is 0 Å². The molecule has 0 radical (unpaired) electrons. The van der Waals surface area contributed by atoms with Crippen LogP contribution in [0.1, 0.15) is 44.0 Å². The van der Waals surface area contributed by atoms with E-state index in [2.05, 4.69) is 53.4 Å². The zero-order valence-electron chi connectivity index (χ0n) is 17.8. The van der Waals surface area contributed by atoms with Gasteiger partial charge in [-0.2, -0.15) is 15.3 Å². The summed E-state index contributed by atoms with van der Waals surface area (Å²) in [7, 11) is 3.88. The highest BCUT2D eigenvalue weighted by Gasteiger charge is 2.23. The van der Waals surface area contributed by atoms with Gasteiger partial charge in [-0.25, -0.2) is 0 Å². The van der Waals surface area contributed by atoms with Gasteiger partial charge in [0.2, 0.25) is 0 Å². The molecule has 3 heterocycles. The second kappa shape index (κ2) is 8.88. The maximum atomic E-state index is 4.71. The summed E-state index contributed by atoms with van der Waals surface area (Å²) < 4.78 is 3.66. The molecule has 2 aromatic heterocycles. The molecule has 0 amide bonds. The molecule has 0 spiro atoms. The lowest BCUT2D eigenvalue weighted by atomic mass is 10.1. The fraction of sp³-hybridized carbons (Fsp3) is 0.450. The van der Waals surface area contributed by atoms with E-state index in [0.717, 1.165) is 34.7 Å². The quantitative estimate of drug-likeness (QED) is 0.797. The summed E-state index contributed by atoms with van der Waals surface area (Å²) in [6, 6.07) is 0.307. The lowest BCUT2D eigenvalue weighted by Gasteiger charge is -2.23. The molecule has 28 heavy (non-hydrogen) atoms. The number of nitrogens with one attached hydrogen (secondary N) is 1. The molecule has 1 aliphatic rings. The summed E-state index contributed by atoms with van der Waals surface area (Å²) in [6.07, 6.45) is 11.1. The van der Waals surface area contributed by atoms with Gasteiger partial charge in [0.15, 0.2) is 0 Å². The third-order valence-corrected chi connectivity index (χ3v) is 4.50. The normalized spacial score (nSPS) is 16.0. The van der Waals surface area contributed by atoms with Crippen LogP contribution >= 0.6 is 0 Å². The molecule has 8 heteroatoms. The van der Waals surface area contributed by atoms with Crippen LogP contribution in [0.25, 0.3) is 6.08 Å². The Kier molecular flexibility index (Phi) is 6.80. The van der Waals surface area contributed by atoms with Crippen molar-refractivity contribution in [3.63, 3.8) is 0 Å². The molecule has 3 rings (SSSR count). The topological polar surface area (TPSA) is 98.3 Å². The number of rotatable bonds is 6. The zero-order valence-corrected chi connectivity index (χ0v) is 17.8. The summed E-state index contributed by atoms with van der Waals surface area (Å²) in [6.45, 7) is 9.15. The molecule has 0 atom stereocenters. The average molecular weight is 385 g/mol. The largest absolute Gasteiger partial charge is 0.379 e. The summed E-state index contributed by atoms with van der Waals surface area (Å²) in [5.41, 5.74) is 6.69. The van der Waals surface area contributed by atoms with Crippen LogP contribution in [0.3, 0.4) is 0 Å². The average Bonchev–Trinajstić information content (AvgIpc) is 3.27. The van der Waals surface area contributed by atoms with E-state index < -0.39 is 0 Å². The first-order valence-electron chi connectivity index (χ1n) is 9.29. The highest BCUT2D eigenvalue weighted by atomic mass is 15.5. The van der Waals surface area contributed by atoms with Crippen LogP contribution < -0.4 is 11.5 Å². The van der Waals surface area contributed by atoms with E-state index in [0.29, 0.717) is 12.6 Å². The first kappa shape index (κ1) is 21.4. The Morgan fingerprint density at radius 2 is 1.96 bits per heavy atom. The van der Waals surface area contributed by atoms with Crippen molar-refractivity contribution in [2.24, 2.45) is 19.2 Å². The van der Waals surface area contributed by atoms with Crippen molar-refractivity contribution in [1.29, 1.82) is 0 Å². The molecule has 0 aliphatic carbocycles. The minimum absolute atomic E-state index is 0. The van der Waals surface area contributed by atoms with Crippen LogP contribution in [-0.4, -0.2) is 36.3 Å². The standard InChI is InChI=1S/C20H29N7.H3N/c1-14(2)27-20(9-15(3)23-27)19(21-10-17-11-22-25(5)12-17)8-7-18-13-26(6)24-16(18)4;/h7-8,11-14,21H,9-10H2,1-6H3;1H3/b8-7+,20-19-;. The first-order valence-corrected chi connectivity index (χ1v) is 9.29. The monoisotopic (exact) mass is 384 g/mol. The van der Waals surface area contributed by atoms with Gasteiger partial charge in [-0.15, -0.1) is 0 Å². The number of hydrazone groups is 1. The Bertz CT molecular complexity index is 897. The Morgan fingerprint density at radius 1 is 1.21 bits per heavy atom. The Labute approximate surface area is 167 Å². The Morgan fingerprint density at radius 3 is 2.54 bits per heavy atom. The summed E-state index contributed by atoms with van der Waals surface area (Å²) in [4.78, 5) is 0. The van der Waals surface area contributed by atoms with Crippen LogP contribution in [0.2, 0.25) is 0 Å². The van der Waals surface area contributed by atoms with Gasteiger partial charge in [0, 0.05) is 62.3 Å². The lowest BCUT2D eigenvalue weighted by Crippen LogP contribution is -2.25. The number of hydrogen-bond acceptors (Lipinski definition) is 6. The van der Waals surface area contributed by atoms with Gasteiger partial charge < -0.3 is 11.5 Å². The molecule has 2 aromatic rings. The molecule has 0 unspecified atom stereocenters. The maximum absolute atomic E-state index is 4.71. The van der Waals surface area contributed by atoms with Crippen LogP contribution in [-0.2, 0) is 20.6 Å². The van der Waals surface area contributed by atoms with Crippen molar-refractivity contribution in [3.05, 3.63) is 52.9 Å². The minimum atomic E-state index is 0. The fourth-order valence-corrected chi connectivity index (χ4v) is 3.22. The number of nitrogens with zero attached hydrogens (tertiary/aromatic N) is 6. The molecule has 152 valence electrons. The maximum Gasteiger partial charge on any atom is 0.0665 e. The van der Waals surface area contributed by atoms with Gasteiger partial charge in [0.1, 0.15) is 0 Å². The molecular weight excluding hydrogens is 352 g/mol. The van der Waals surface area contributed by atoms with E-state index in [-0.39, 0.29) is 6.15 Å². The molecule has 0 bridgehead atoms. The first-order chi connectivity index (χ1) is 12.8. The van der Waals surface area contributed by atoms with Crippen LogP contribution in [0.15, 0.2) is 41.2 Å². The predicted octanol–water partition coefficient (Wildman–Crippen LogP) is 3.13. The van der Waals surface area contributed by atoms with Gasteiger partial charge in [-0.3, -0.25) is 14.4 Å². The van der Waals surface area contributed by atoms with Crippen molar-refractivity contribution >= 4 is 11.8 Å². The fourth-order valence-electron chi connectivity index (χ4n) is 3.22. The van der Waals surface area contributed by atoms with Crippen molar-refractivity contribution < 1.29 is 0 Å². The zero-order chi connectivity index (χ0) is 19.6. The molecule has 1 aliphatic heterocycles. The minimum Gasteiger partial charge on any atom is -0.379 e. The molecule has 0 fully saturated rings. The highest BCUT2D eigenvalue weighted by Crippen LogP contribution is 2.25. The molecule has 4 N–H and O–H groups in total. The number of hydrogen-bond donors (Lipinski definition) is 2. The van der Waals surface area contributed by atoms with Crippen molar-refractivity contribution in [3.8, 4) is 0 Å². The van der Waals surface area contributed by atoms with Gasteiger partial charge in [-0.1, -0.05) is 0 Å². The van der Waals surface area contributed by atoms with E-state index in [9.17, 15) is 0 Å². The second-order valence-electron chi connectivity index (χ2n) is 7.36. The van der Waals surface area contributed by atoms with Gasteiger partial charge in [0.25, 0.3) is 0 Å². The number of allylic oxidation sites excluding steroid dienone is 2. The summed E-state index contributed by atoms with van der Waals surface area (Å²) in [5.74, 6) is 0. The SMILES string of the molecule is CC1=NN(C(C)C)/C(=C(/C=C/c2cn(C)nc2C)NCc2cnn(C)c2)C1.N. The van der Waals surface area contributed by atoms with E-state index in [1.165, 1.54) is 5.70 Å². The van der Waals surface area contributed by atoms with Crippen LogP contribution in [0, 0.1) is 6.92 Å². The molecular formula is C20H32N8.